The van der Waals surface area contributed by atoms with Crippen LogP contribution in [0, 0.1) is 0 Å². The van der Waals surface area contributed by atoms with Crippen molar-refractivity contribution in [1.82, 2.24) is 20.0 Å². The molecule has 28 heavy (non-hydrogen) atoms. The highest BCUT2D eigenvalue weighted by molar-refractivity contribution is 6.30. The van der Waals surface area contributed by atoms with Crippen LogP contribution in [0.4, 0.5) is 0 Å². The number of likely N-dealkylation sites (N-methyl/N-ethyl adjacent to an activating group) is 1. The van der Waals surface area contributed by atoms with Gasteiger partial charge in [-0.3, -0.25) is 4.79 Å². The van der Waals surface area contributed by atoms with Gasteiger partial charge in [0.1, 0.15) is 0 Å². The molecule has 1 fully saturated rings. The van der Waals surface area contributed by atoms with Crippen molar-refractivity contribution in [2.45, 2.75) is 18.9 Å². The molecular weight excluding hydrogens is 372 g/mol. The van der Waals surface area contributed by atoms with Crippen LogP contribution in [-0.2, 0) is 11.2 Å². The van der Waals surface area contributed by atoms with Gasteiger partial charge in [-0.25, -0.2) is 4.68 Å². The van der Waals surface area contributed by atoms with Crippen LogP contribution < -0.4 is 5.32 Å². The van der Waals surface area contributed by atoms with Gasteiger partial charge in [-0.05, 0) is 37.2 Å². The molecule has 4 rings (SSSR count). The Morgan fingerprint density at radius 2 is 1.96 bits per heavy atom. The molecule has 5 nitrogen and oxygen atoms in total. The first-order chi connectivity index (χ1) is 13.6. The molecule has 1 aliphatic heterocycles. The van der Waals surface area contributed by atoms with Crippen molar-refractivity contribution in [2.24, 2.45) is 0 Å². The van der Waals surface area contributed by atoms with Gasteiger partial charge in [0.25, 0.3) is 0 Å². The van der Waals surface area contributed by atoms with Gasteiger partial charge in [0, 0.05) is 42.0 Å². The molecule has 1 amide bonds. The number of halogens is 1. The van der Waals surface area contributed by atoms with E-state index >= 15 is 0 Å². The number of aromatic nitrogens is 2. The molecule has 0 radical (unpaired) electrons. The summed E-state index contributed by atoms with van der Waals surface area (Å²) in [6.07, 6.45) is 3.27. The van der Waals surface area contributed by atoms with E-state index in [0.717, 1.165) is 42.0 Å². The molecule has 1 atom stereocenters. The summed E-state index contributed by atoms with van der Waals surface area (Å²) < 4.78 is 1.84. The zero-order valence-corrected chi connectivity index (χ0v) is 16.6. The van der Waals surface area contributed by atoms with Gasteiger partial charge < -0.3 is 10.2 Å². The van der Waals surface area contributed by atoms with Crippen LogP contribution in [0.5, 0.6) is 0 Å². The molecule has 0 saturated carbocycles. The largest absolute Gasteiger partial charge is 0.341 e. The normalized spacial score (nSPS) is 16.3. The third-order valence-corrected chi connectivity index (χ3v) is 5.50. The fraction of sp³-hybridized carbons (Fsp3) is 0.273. The summed E-state index contributed by atoms with van der Waals surface area (Å²) in [7, 11) is 1.89. The number of nitrogens with one attached hydrogen (secondary N) is 1. The van der Waals surface area contributed by atoms with Crippen LogP contribution in [0.25, 0.3) is 16.9 Å². The summed E-state index contributed by atoms with van der Waals surface area (Å²) in [6, 6.07) is 17.8. The Balaban J connectivity index is 1.67. The van der Waals surface area contributed by atoms with Gasteiger partial charge in [0.05, 0.1) is 17.8 Å². The topological polar surface area (TPSA) is 50.2 Å². The number of hydrogen-bond acceptors (Lipinski definition) is 3. The van der Waals surface area contributed by atoms with Gasteiger partial charge in [0.2, 0.25) is 5.91 Å². The lowest BCUT2D eigenvalue weighted by molar-refractivity contribution is -0.130. The van der Waals surface area contributed by atoms with Crippen LogP contribution in [0.1, 0.15) is 12.0 Å². The molecule has 2 aromatic carbocycles. The smallest absolute Gasteiger partial charge is 0.227 e. The molecule has 1 unspecified atom stereocenters. The van der Waals surface area contributed by atoms with E-state index in [1.165, 1.54) is 0 Å². The van der Waals surface area contributed by atoms with E-state index in [2.05, 4.69) is 5.32 Å². The van der Waals surface area contributed by atoms with Crippen molar-refractivity contribution in [3.8, 4) is 16.9 Å². The minimum atomic E-state index is 0.108. The molecule has 0 aliphatic carbocycles. The lowest BCUT2D eigenvalue weighted by Crippen LogP contribution is -2.39. The van der Waals surface area contributed by atoms with E-state index in [-0.39, 0.29) is 11.9 Å². The molecule has 2 heterocycles. The number of rotatable bonds is 5. The first kappa shape index (κ1) is 18.7. The Morgan fingerprint density at radius 1 is 1.21 bits per heavy atom. The molecule has 6 heteroatoms. The fourth-order valence-electron chi connectivity index (χ4n) is 3.56. The van der Waals surface area contributed by atoms with E-state index in [1.807, 2.05) is 77.4 Å². The first-order valence-electron chi connectivity index (χ1n) is 9.48. The zero-order chi connectivity index (χ0) is 19.5. The van der Waals surface area contributed by atoms with Crippen molar-refractivity contribution < 1.29 is 4.79 Å². The summed E-state index contributed by atoms with van der Waals surface area (Å²) in [4.78, 5) is 14.8. The predicted octanol–water partition coefficient (Wildman–Crippen LogP) is 3.56. The quantitative estimate of drug-likeness (QED) is 0.719. The lowest BCUT2D eigenvalue weighted by atomic mass is 10.1. The number of carbonyl (C=O) groups is 1. The zero-order valence-electron chi connectivity index (χ0n) is 15.8. The SMILES string of the molecule is CN(C(=O)Cc1cn(-c2ccccc2)nc1-c1ccc(Cl)cc1)C1CCNC1. The number of carbonyl (C=O) groups excluding carboxylic acids is 1. The maximum absolute atomic E-state index is 12.9. The third-order valence-electron chi connectivity index (χ3n) is 5.25. The van der Waals surface area contributed by atoms with Gasteiger partial charge in [-0.15, -0.1) is 0 Å². The molecule has 1 saturated heterocycles. The van der Waals surface area contributed by atoms with E-state index in [4.69, 9.17) is 16.7 Å². The number of amides is 1. The van der Waals surface area contributed by atoms with Gasteiger partial charge >= 0.3 is 0 Å². The molecule has 0 spiro atoms. The number of benzene rings is 2. The maximum Gasteiger partial charge on any atom is 0.227 e. The van der Waals surface area contributed by atoms with E-state index in [0.29, 0.717) is 11.4 Å². The Morgan fingerprint density at radius 3 is 2.64 bits per heavy atom. The minimum Gasteiger partial charge on any atom is -0.341 e. The Labute approximate surface area is 169 Å². The summed E-state index contributed by atoms with van der Waals surface area (Å²) >= 11 is 6.05. The van der Waals surface area contributed by atoms with Crippen LogP contribution in [0.15, 0.2) is 60.8 Å². The standard InChI is InChI=1S/C22H23ClN4O/c1-26(20-11-12-24-14-20)21(28)13-17-15-27(19-5-3-2-4-6-19)25-22(17)16-7-9-18(23)10-8-16/h2-10,15,20,24H,11-14H2,1H3. The average molecular weight is 395 g/mol. The van der Waals surface area contributed by atoms with Gasteiger partial charge in [-0.1, -0.05) is 41.9 Å². The second-order valence-corrected chi connectivity index (χ2v) is 7.55. The van der Waals surface area contributed by atoms with E-state index < -0.39 is 0 Å². The molecule has 1 aliphatic rings. The van der Waals surface area contributed by atoms with Crippen LogP contribution in [0.2, 0.25) is 5.02 Å². The minimum absolute atomic E-state index is 0.108. The Kier molecular flexibility index (Phi) is 5.46. The summed E-state index contributed by atoms with van der Waals surface area (Å²) in [5, 5.41) is 8.78. The van der Waals surface area contributed by atoms with Crippen LogP contribution in [0.3, 0.4) is 0 Å². The first-order valence-corrected chi connectivity index (χ1v) is 9.86. The maximum atomic E-state index is 12.9. The second-order valence-electron chi connectivity index (χ2n) is 7.12. The number of para-hydroxylation sites is 1. The number of nitrogens with zero attached hydrogens (tertiary/aromatic N) is 3. The van der Waals surface area contributed by atoms with Crippen LogP contribution >= 0.6 is 11.6 Å². The molecule has 0 bridgehead atoms. The monoisotopic (exact) mass is 394 g/mol. The summed E-state index contributed by atoms with van der Waals surface area (Å²) in [5.41, 5.74) is 3.64. The van der Waals surface area contributed by atoms with Gasteiger partial charge in [0.15, 0.2) is 0 Å². The van der Waals surface area contributed by atoms with Crippen molar-refractivity contribution in [1.29, 1.82) is 0 Å². The highest BCUT2D eigenvalue weighted by Crippen LogP contribution is 2.26. The number of hydrogen-bond donors (Lipinski definition) is 1. The van der Waals surface area contributed by atoms with Crippen molar-refractivity contribution in [2.75, 3.05) is 20.1 Å². The summed E-state index contributed by atoms with van der Waals surface area (Å²) in [6.45, 7) is 1.82. The fourth-order valence-corrected chi connectivity index (χ4v) is 3.69. The Hall–Kier alpha value is -2.63. The summed E-state index contributed by atoms with van der Waals surface area (Å²) in [5.74, 6) is 0.108. The highest BCUT2D eigenvalue weighted by atomic mass is 35.5. The third kappa shape index (κ3) is 3.96. The molecule has 3 aromatic rings. The van der Waals surface area contributed by atoms with Crippen molar-refractivity contribution >= 4 is 17.5 Å². The van der Waals surface area contributed by atoms with Gasteiger partial charge in [-0.2, -0.15) is 5.10 Å². The molecule has 1 aromatic heterocycles. The Bertz CT molecular complexity index is 946. The van der Waals surface area contributed by atoms with Crippen LogP contribution in [-0.4, -0.2) is 46.8 Å². The van der Waals surface area contributed by atoms with Crippen molar-refractivity contribution in [3.63, 3.8) is 0 Å². The molecular formula is C22H23ClN4O. The van der Waals surface area contributed by atoms with Crippen molar-refractivity contribution in [3.05, 3.63) is 71.4 Å². The van der Waals surface area contributed by atoms with E-state index in [9.17, 15) is 4.79 Å². The lowest BCUT2D eigenvalue weighted by Gasteiger charge is -2.23. The average Bonchev–Trinajstić information content (AvgIpc) is 3.39. The van der Waals surface area contributed by atoms with E-state index in [1.54, 1.807) is 0 Å². The predicted molar refractivity (Wildman–Crippen MR) is 112 cm³/mol. The molecule has 144 valence electrons. The second kappa shape index (κ2) is 8.17. The molecule has 1 N–H and O–H groups in total. The highest BCUT2D eigenvalue weighted by Gasteiger charge is 2.24.